The smallest absolute Gasteiger partial charge is 0.236 e. The fraction of sp³-hybridized carbons (Fsp3) is 0.929. The highest BCUT2D eigenvalue weighted by Crippen LogP contribution is 2.09. The molecule has 0 aromatic carbocycles. The number of hydrogen-bond acceptors (Lipinski definition) is 4. The second-order valence-corrected chi connectivity index (χ2v) is 5.70. The number of rotatable bonds is 6. The van der Waals surface area contributed by atoms with E-state index >= 15 is 0 Å². The molecule has 2 aliphatic heterocycles. The predicted octanol–water partition coefficient (Wildman–Crippen LogP) is -0.0347. The molecule has 0 aromatic heterocycles. The molecule has 2 saturated heterocycles. The molecule has 0 bridgehead atoms. The summed E-state index contributed by atoms with van der Waals surface area (Å²) in [5.41, 5.74) is 5.51. The summed E-state index contributed by atoms with van der Waals surface area (Å²) in [6.45, 7) is 8.77. The van der Waals surface area contributed by atoms with Gasteiger partial charge >= 0.3 is 0 Å². The van der Waals surface area contributed by atoms with Crippen LogP contribution in [-0.4, -0.2) is 79.5 Å². The average molecular weight is 268 g/mol. The first-order chi connectivity index (χ1) is 9.29. The van der Waals surface area contributed by atoms with E-state index in [1.54, 1.807) is 0 Å². The highest BCUT2D eigenvalue weighted by atomic mass is 16.2. The Labute approximate surface area is 116 Å². The quantitative estimate of drug-likeness (QED) is 0.687. The van der Waals surface area contributed by atoms with Gasteiger partial charge in [0.15, 0.2) is 0 Å². The van der Waals surface area contributed by atoms with Gasteiger partial charge in [-0.2, -0.15) is 0 Å². The van der Waals surface area contributed by atoms with Crippen molar-refractivity contribution in [2.45, 2.75) is 25.7 Å². The lowest BCUT2D eigenvalue weighted by Gasteiger charge is -2.35. The summed E-state index contributed by atoms with van der Waals surface area (Å²) in [7, 11) is 0. The van der Waals surface area contributed by atoms with E-state index in [4.69, 9.17) is 5.73 Å². The van der Waals surface area contributed by atoms with Crippen LogP contribution in [-0.2, 0) is 4.79 Å². The number of amides is 1. The van der Waals surface area contributed by atoms with Crippen LogP contribution in [0.1, 0.15) is 25.7 Å². The number of likely N-dealkylation sites (tertiary alicyclic amines) is 1. The zero-order valence-electron chi connectivity index (χ0n) is 12.0. The van der Waals surface area contributed by atoms with Crippen molar-refractivity contribution in [1.82, 2.24) is 14.7 Å². The van der Waals surface area contributed by atoms with Gasteiger partial charge in [-0.15, -0.1) is 0 Å². The van der Waals surface area contributed by atoms with E-state index in [0.29, 0.717) is 12.5 Å². The van der Waals surface area contributed by atoms with Crippen LogP contribution >= 0.6 is 0 Å². The molecule has 0 aromatic rings. The van der Waals surface area contributed by atoms with E-state index < -0.39 is 0 Å². The van der Waals surface area contributed by atoms with Crippen LogP contribution in [0.5, 0.6) is 0 Å². The van der Waals surface area contributed by atoms with E-state index in [1.165, 1.54) is 19.3 Å². The first kappa shape index (κ1) is 14.8. The molecule has 2 heterocycles. The first-order valence-electron chi connectivity index (χ1n) is 7.72. The fourth-order valence-corrected chi connectivity index (χ4v) is 2.91. The molecule has 110 valence electrons. The first-order valence-corrected chi connectivity index (χ1v) is 7.72. The Morgan fingerprint density at radius 3 is 2.16 bits per heavy atom. The number of nitrogens with two attached hydrogens (primary N) is 1. The van der Waals surface area contributed by atoms with Crippen molar-refractivity contribution in [3.05, 3.63) is 0 Å². The Morgan fingerprint density at radius 1 is 0.895 bits per heavy atom. The van der Waals surface area contributed by atoms with Crippen molar-refractivity contribution in [2.24, 2.45) is 5.73 Å². The number of piperazine rings is 1. The summed E-state index contributed by atoms with van der Waals surface area (Å²) in [6.07, 6.45) is 4.68. The molecule has 1 amide bonds. The Hall–Kier alpha value is -0.650. The van der Waals surface area contributed by atoms with Gasteiger partial charge in [-0.3, -0.25) is 9.69 Å². The van der Waals surface area contributed by atoms with Crippen LogP contribution in [0.2, 0.25) is 0 Å². The molecular formula is C14H28N4O. The van der Waals surface area contributed by atoms with Gasteiger partial charge in [0.25, 0.3) is 0 Å². The minimum Gasteiger partial charge on any atom is -0.342 e. The maximum atomic E-state index is 12.1. The topological polar surface area (TPSA) is 52.8 Å². The van der Waals surface area contributed by atoms with E-state index in [-0.39, 0.29) is 0 Å². The third-order valence-electron chi connectivity index (χ3n) is 4.21. The van der Waals surface area contributed by atoms with Crippen LogP contribution in [0.25, 0.3) is 0 Å². The van der Waals surface area contributed by atoms with E-state index in [0.717, 1.165) is 58.8 Å². The van der Waals surface area contributed by atoms with Crippen LogP contribution in [0.3, 0.4) is 0 Å². The van der Waals surface area contributed by atoms with Gasteiger partial charge in [0, 0.05) is 39.3 Å². The van der Waals surface area contributed by atoms with Gasteiger partial charge in [0.05, 0.1) is 6.54 Å². The number of unbranched alkanes of at least 4 members (excludes halogenated alkanes) is 1. The predicted molar refractivity (Wildman–Crippen MR) is 77.0 cm³/mol. The second-order valence-electron chi connectivity index (χ2n) is 5.70. The molecule has 5 nitrogen and oxygen atoms in total. The van der Waals surface area contributed by atoms with E-state index in [2.05, 4.69) is 9.80 Å². The van der Waals surface area contributed by atoms with Crippen LogP contribution in [0.15, 0.2) is 0 Å². The number of nitrogens with zero attached hydrogens (tertiary/aromatic N) is 3. The lowest BCUT2D eigenvalue weighted by Crippen LogP contribution is -2.49. The zero-order valence-corrected chi connectivity index (χ0v) is 12.0. The van der Waals surface area contributed by atoms with Crippen LogP contribution in [0, 0.1) is 0 Å². The van der Waals surface area contributed by atoms with Crippen molar-refractivity contribution in [2.75, 3.05) is 58.9 Å². The molecule has 2 fully saturated rings. The van der Waals surface area contributed by atoms with Crippen molar-refractivity contribution >= 4 is 5.91 Å². The van der Waals surface area contributed by atoms with Crippen LogP contribution in [0.4, 0.5) is 0 Å². The molecule has 19 heavy (non-hydrogen) atoms. The van der Waals surface area contributed by atoms with Crippen molar-refractivity contribution in [1.29, 1.82) is 0 Å². The highest BCUT2D eigenvalue weighted by Gasteiger charge is 2.22. The van der Waals surface area contributed by atoms with Gasteiger partial charge in [0.2, 0.25) is 5.91 Å². The summed E-state index contributed by atoms with van der Waals surface area (Å²) in [5, 5.41) is 0. The molecule has 0 spiro atoms. The molecule has 0 aliphatic carbocycles. The summed E-state index contributed by atoms with van der Waals surface area (Å²) < 4.78 is 0. The minimum absolute atomic E-state index is 0.328. The maximum absolute atomic E-state index is 12.1. The molecule has 0 unspecified atom stereocenters. The number of hydrogen-bond donors (Lipinski definition) is 1. The number of carbonyl (C=O) groups is 1. The standard InChI is InChI=1S/C14H28N4O/c15-5-1-2-6-16-9-11-17(12-10-16)13-14(19)18-7-3-4-8-18/h1-13,15H2. The SMILES string of the molecule is NCCCCN1CCN(CC(=O)N2CCCC2)CC1. The molecule has 0 radical (unpaired) electrons. The molecule has 0 atom stereocenters. The lowest BCUT2D eigenvalue weighted by atomic mass is 10.2. The second kappa shape index (κ2) is 7.82. The molecular weight excluding hydrogens is 240 g/mol. The van der Waals surface area contributed by atoms with Crippen molar-refractivity contribution < 1.29 is 4.79 Å². The summed E-state index contributed by atoms with van der Waals surface area (Å²) in [6, 6.07) is 0. The van der Waals surface area contributed by atoms with Gasteiger partial charge in [0.1, 0.15) is 0 Å². The monoisotopic (exact) mass is 268 g/mol. The third kappa shape index (κ3) is 4.75. The van der Waals surface area contributed by atoms with Crippen molar-refractivity contribution in [3.8, 4) is 0 Å². The van der Waals surface area contributed by atoms with Gasteiger partial charge in [-0.05, 0) is 38.8 Å². The summed E-state index contributed by atoms with van der Waals surface area (Å²) in [4.78, 5) is 18.9. The molecule has 2 rings (SSSR count). The lowest BCUT2D eigenvalue weighted by molar-refractivity contribution is -0.131. The van der Waals surface area contributed by atoms with E-state index in [1.807, 2.05) is 4.90 Å². The average Bonchev–Trinajstić information content (AvgIpc) is 2.95. The molecule has 5 heteroatoms. The summed E-state index contributed by atoms with van der Waals surface area (Å²) >= 11 is 0. The minimum atomic E-state index is 0.328. The molecule has 0 saturated carbocycles. The zero-order chi connectivity index (χ0) is 13.5. The summed E-state index contributed by atoms with van der Waals surface area (Å²) in [5.74, 6) is 0.328. The van der Waals surface area contributed by atoms with E-state index in [9.17, 15) is 4.79 Å². The Bertz CT molecular complexity index is 271. The Balaban J connectivity index is 1.61. The molecule has 2 aliphatic rings. The highest BCUT2D eigenvalue weighted by molar-refractivity contribution is 5.78. The number of carbonyl (C=O) groups excluding carboxylic acids is 1. The van der Waals surface area contributed by atoms with Crippen LogP contribution < -0.4 is 5.73 Å². The van der Waals surface area contributed by atoms with Crippen molar-refractivity contribution in [3.63, 3.8) is 0 Å². The van der Waals surface area contributed by atoms with Gasteiger partial charge < -0.3 is 15.5 Å². The Morgan fingerprint density at radius 2 is 1.53 bits per heavy atom. The fourth-order valence-electron chi connectivity index (χ4n) is 2.91. The molecule has 2 N–H and O–H groups in total. The van der Waals surface area contributed by atoms with Gasteiger partial charge in [-0.1, -0.05) is 0 Å². The largest absolute Gasteiger partial charge is 0.342 e. The van der Waals surface area contributed by atoms with Gasteiger partial charge in [-0.25, -0.2) is 0 Å². The third-order valence-corrected chi connectivity index (χ3v) is 4.21. The Kier molecular flexibility index (Phi) is 6.07. The normalized spacial score (nSPS) is 22.1. The maximum Gasteiger partial charge on any atom is 0.236 e.